The minimum Gasteiger partial charge on any atom is -0.295 e. The molecule has 5 aromatic rings. The maximum absolute atomic E-state index is 13.4. The zero-order chi connectivity index (χ0) is 26.9. The summed E-state index contributed by atoms with van der Waals surface area (Å²) in [5.41, 5.74) is 0.933. The number of carbonyl (C=O) groups is 2. The molecule has 3 aromatic carbocycles. The number of ketones is 1. The maximum atomic E-state index is 13.4. The summed E-state index contributed by atoms with van der Waals surface area (Å²) in [5, 5.41) is 7.02. The van der Waals surface area contributed by atoms with Crippen molar-refractivity contribution >= 4 is 28.2 Å². The number of Topliss-reactive ketones (excluding diaryl/α,β-unsaturated/α-hetero) is 1. The molecule has 7 nitrogen and oxygen atoms in total. The van der Waals surface area contributed by atoms with Crippen LogP contribution >= 0.6 is 11.3 Å². The highest BCUT2D eigenvalue weighted by Crippen LogP contribution is 2.33. The van der Waals surface area contributed by atoms with Gasteiger partial charge in [-0.3, -0.25) is 14.9 Å². The van der Waals surface area contributed by atoms with Gasteiger partial charge in [-0.1, -0.05) is 78.1 Å². The Morgan fingerprint density at radius 1 is 0.868 bits per heavy atom. The molecule has 1 N–H and O–H groups in total. The Balaban J connectivity index is 1.53. The van der Waals surface area contributed by atoms with Gasteiger partial charge < -0.3 is 0 Å². The van der Waals surface area contributed by atoms with Crippen LogP contribution in [0.5, 0.6) is 0 Å². The van der Waals surface area contributed by atoms with Gasteiger partial charge in [-0.05, 0) is 18.2 Å². The third-order valence-corrected chi connectivity index (χ3v) is 6.55. The van der Waals surface area contributed by atoms with Crippen molar-refractivity contribution in [3.8, 4) is 28.3 Å². The van der Waals surface area contributed by atoms with Crippen molar-refractivity contribution in [2.24, 2.45) is 0 Å². The van der Waals surface area contributed by atoms with Crippen molar-refractivity contribution in [3.63, 3.8) is 0 Å². The largest absolute Gasteiger partial charge is 0.416 e. The molecule has 0 spiro atoms. The molecule has 0 bridgehead atoms. The molecule has 2 heterocycles. The monoisotopic (exact) mass is 533 g/mol. The van der Waals surface area contributed by atoms with Crippen LogP contribution in [0.15, 0.2) is 84.9 Å². The quantitative estimate of drug-likeness (QED) is 0.251. The number of carbonyl (C=O) groups excluding carboxylic acids is 2. The third kappa shape index (κ3) is 5.09. The average Bonchev–Trinajstić information content (AvgIpc) is 3.55. The number of anilines is 1. The lowest BCUT2D eigenvalue weighted by Crippen LogP contribution is -2.14. The second-order valence-electron chi connectivity index (χ2n) is 8.16. The fourth-order valence-corrected chi connectivity index (χ4v) is 4.61. The van der Waals surface area contributed by atoms with Crippen LogP contribution in [0.1, 0.15) is 32.8 Å². The number of hydrogen-bond acceptors (Lipinski definition) is 6. The van der Waals surface area contributed by atoms with Gasteiger partial charge >= 0.3 is 6.18 Å². The van der Waals surface area contributed by atoms with Crippen molar-refractivity contribution in [2.75, 3.05) is 5.32 Å². The number of thiazole rings is 1. The highest BCUT2D eigenvalue weighted by molar-refractivity contribution is 7.18. The topological polar surface area (TPSA) is 89.8 Å². The second kappa shape index (κ2) is 10.0. The van der Waals surface area contributed by atoms with Crippen LogP contribution in [-0.4, -0.2) is 31.4 Å². The van der Waals surface area contributed by atoms with Crippen LogP contribution in [-0.2, 0) is 6.18 Å². The number of amides is 1. The molecular weight excluding hydrogens is 515 g/mol. The van der Waals surface area contributed by atoms with Gasteiger partial charge in [0.15, 0.2) is 16.7 Å². The van der Waals surface area contributed by atoms with E-state index in [1.54, 1.807) is 42.5 Å². The number of alkyl halides is 3. The average molecular weight is 534 g/mol. The number of nitrogens with one attached hydrogen (secondary N) is 1. The normalized spacial score (nSPS) is 11.4. The fraction of sp³-hybridized carbons (Fsp3) is 0.0741. The van der Waals surface area contributed by atoms with Crippen LogP contribution in [0.3, 0.4) is 0 Å². The van der Waals surface area contributed by atoms with E-state index in [9.17, 15) is 22.8 Å². The van der Waals surface area contributed by atoms with Gasteiger partial charge in [0.05, 0.1) is 21.8 Å². The molecule has 11 heteroatoms. The van der Waals surface area contributed by atoms with E-state index in [1.165, 1.54) is 23.7 Å². The first-order valence-corrected chi connectivity index (χ1v) is 12.1. The van der Waals surface area contributed by atoms with Crippen molar-refractivity contribution in [1.82, 2.24) is 19.7 Å². The molecule has 0 saturated heterocycles. The highest BCUT2D eigenvalue weighted by Gasteiger charge is 2.31. The Labute approximate surface area is 218 Å². The van der Waals surface area contributed by atoms with Crippen molar-refractivity contribution in [3.05, 3.63) is 101 Å². The molecule has 2 aromatic heterocycles. The molecule has 1 amide bonds. The zero-order valence-corrected chi connectivity index (χ0v) is 20.5. The van der Waals surface area contributed by atoms with Crippen LogP contribution in [0.2, 0.25) is 0 Å². The molecule has 0 saturated carbocycles. The van der Waals surface area contributed by atoms with E-state index in [1.807, 2.05) is 18.2 Å². The first-order chi connectivity index (χ1) is 18.2. The third-order valence-electron chi connectivity index (χ3n) is 5.47. The fourth-order valence-electron chi connectivity index (χ4n) is 3.73. The number of rotatable bonds is 6. The number of nitrogens with zero attached hydrogens (tertiary/aromatic N) is 4. The Bertz CT molecular complexity index is 1630. The molecule has 0 unspecified atom stereocenters. The van der Waals surface area contributed by atoms with Crippen LogP contribution in [0.25, 0.3) is 28.3 Å². The van der Waals surface area contributed by atoms with Crippen molar-refractivity contribution in [1.29, 1.82) is 0 Å². The van der Waals surface area contributed by atoms with E-state index in [0.29, 0.717) is 21.7 Å². The van der Waals surface area contributed by atoms with Crippen molar-refractivity contribution in [2.45, 2.75) is 13.1 Å². The van der Waals surface area contributed by atoms with Crippen LogP contribution in [0.4, 0.5) is 18.3 Å². The molecule has 0 aliphatic rings. The maximum Gasteiger partial charge on any atom is 0.416 e. The summed E-state index contributed by atoms with van der Waals surface area (Å²) in [6, 6.07) is 22.4. The molecule has 0 atom stereocenters. The lowest BCUT2D eigenvalue weighted by atomic mass is 10.1. The molecule has 0 aliphatic heterocycles. The number of benzene rings is 3. The molecular formula is C27H18F3N5O2S. The van der Waals surface area contributed by atoms with Gasteiger partial charge in [0.2, 0.25) is 5.82 Å². The molecule has 0 fully saturated rings. The SMILES string of the molecule is CC(=O)c1sc(NC(=O)c2nc(-c3ccccc3)n(-c3cccc(C(F)(F)F)c3)n2)nc1-c1ccccc1. The summed E-state index contributed by atoms with van der Waals surface area (Å²) in [7, 11) is 0. The predicted octanol–water partition coefficient (Wildman–Crippen LogP) is 6.53. The Morgan fingerprint density at radius 3 is 2.16 bits per heavy atom. The van der Waals surface area contributed by atoms with Gasteiger partial charge in [0, 0.05) is 18.1 Å². The predicted molar refractivity (Wildman–Crippen MR) is 137 cm³/mol. The lowest BCUT2D eigenvalue weighted by Gasteiger charge is -2.10. The number of aromatic nitrogens is 4. The van der Waals surface area contributed by atoms with Gasteiger partial charge in [-0.15, -0.1) is 5.10 Å². The van der Waals surface area contributed by atoms with Gasteiger partial charge in [-0.2, -0.15) is 13.2 Å². The standard InChI is InChI=1S/C27H18F3N5O2S/c1-16(36)22-21(17-9-4-2-5-10-17)31-26(38-22)33-25(37)23-32-24(18-11-6-3-7-12-18)35(34-23)20-14-8-13-19(15-20)27(28,29)30/h2-15H,1H3,(H,31,33,37). The van der Waals surface area contributed by atoms with Crippen LogP contribution in [0, 0.1) is 0 Å². The molecule has 190 valence electrons. The minimum absolute atomic E-state index is 0.0877. The summed E-state index contributed by atoms with van der Waals surface area (Å²) in [5.74, 6) is -1.03. The lowest BCUT2D eigenvalue weighted by molar-refractivity contribution is -0.137. The summed E-state index contributed by atoms with van der Waals surface area (Å²) < 4.78 is 41.3. The summed E-state index contributed by atoms with van der Waals surface area (Å²) in [6.45, 7) is 1.41. The van der Waals surface area contributed by atoms with Gasteiger partial charge in [0.25, 0.3) is 5.91 Å². The van der Waals surface area contributed by atoms with Gasteiger partial charge in [0.1, 0.15) is 0 Å². The van der Waals surface area contributed by atoms with E-state index in [-0.39, 0.29) is 28.3 Å². The first-order valence-electron chi connectivity index (χ1n) is 11.3. The molecule has 0 aliphatic carbocycles. The zero-order valence-electron chi connectivity index (χ0n) is 19.7. The first kappa shape index (κ1) is 25.0. The van der Waals surface area contributed by atoms with E-state index >= 15 is 0 Å². The Hall–Kier alpha value is -4.64. The van der Waals surface area contributed by atoms with Gasteiger partial charge in [-0.25, -0.2) is 14.6 Å². The number of hydrogen-bond donors (Lipinski definition) is 1. The summed E-state index contributed by atoms with van der Waals surface area (Å²) in [6.07, 6.45) is -4.56. The van der Waals surface area contributed by atoms with E-state index in [0.717, 1.165) is 23.5 Å². The number of halogens is 3. The Morgan fingerprint density at radius 2 is 1.53 bits per heavy atom. The second-order valence-corrected chi connectivity index (χ2v) is 9.16. The van der Waals surface area contributed by atoms with E-state index in [2.05, 4.69) is 20.4 Å². The molecule has 0 radical (unpaired) electrons. The van der Waals surface area contributed by atoms with Crippen molar-refractivity contribution < 1.29 is 22.8 Å². The highest BCUT2D eigenvalue weighted by atomic mass is 32.1. The molecule has 38 heavy (non-hydrogen) atoms. The van der Waals surface area contributed by atoms with Crippen LogP contribution < -0.4 is 5.32 Å². The smallest absolute Gasteiger partial charge is 0.295 e. The van der Waals surface area contributed by atoms with E-state index < -0.39 is 17.6 Å². The minimum atomic E-state index is -4.56. The van der Waals surface area contributed by atoms with E-state index in [4.69, 9.17) is 0 Å². The summed E-state index contributed by atoms with van der Waals surface area (Å²) in [4.78, 5) is 34.5. The Kier molecular flexibility index (Phi) is 6.60. The molecule has 5 rings (SSSR count). The summed E-state index contributed by atoms with van der Waals surface area (Å²) >= 11 is 1.01.